The highest BCUT2D eigenvalue weighted by molar-refractivity contribution is 7.10. The van der Waals surface area contributed by atoms with E-state index < -0.39 is 0 Å². The number of nitrogens with one attached hydrogen (secondary N) is 1. The van der Waals surface area contributed by atoms with Gasteiger partial charge >= 0.3 is 0 Å². The van der Waals surface area contributed by atoms with Crippen molar-refractivity contribution in [3.05, 3.63) is 21.9 Å². The zero-order chi connectivity index (χ0) is 13.4. The Morgan fingerprint density at radius 2 is 2.05 bits per heavy atom. The molecule has 0 amide bonds. The molecule has 2 aliphatic rings. The maximum absolute atomic E-state index is 3.77. The first kappa shape index (κ1) is 13.6. The fraction of sp³-hybridized carbons (Fsp3) is 0.750. The molecule has 2 aliphatic heterocycles. The Morgan fingerprint density at radius 3 is 2.63 bits per heavy atom. The van der Waals surface area contributed by atoms with Crippen molar-refractivity contribution in [3.8, 4) is 0 Å². The van der Waals surface area contributed by atoms with Gasteiger partial charge in [-0.15, -0.1) is 11.3 Å². The van der Waals surface area contributed by atoms with Gasteiger partial charge < -0.3 is 10.2 Å². The van der Waals surface area contributed by atoms with Crippen LogP contribution in [0.15, 0.2) is 11.4 Å². The maximum atomic E-state index is 3.77. The van der Waals surface area contributed by atoms with Gasteiger partial charge in [-0.1, -0.05) is 0 Å². The van der Waals surface area contributed by atoms with Crippen LogP contribution in [0.5, 0.6) is 0 Å². The second-order valence-electron chi connectivity index (χ2n) is 6.49. The van der Waals surface area contributed by atoms with E-state index in [1.807, 2.05) is 11.3 Å². The molecule has 19 heavy (non-hydrogen) atoms. The van der Waals surface area contributed by atoms with Crippen LogP contribution in [0.4, 0.5) is 0 Å². The van der Waals surface area contributed by atoms with Crippen LogP contribution in [0, 0.1) is 12.8 Å². The Bertz CT molecular complexity index is 414. The van der Waals surface area contributed by atoms with E-state index in [4.69, 9.17) is 0 Å². The number of rotatable bonds is 4. The number of fused-ring (bicyclic) bond motifs is 2. The molecule has 1 aromatic heterocycles. The standard InChI is InChI=1S/C16H26N2S/c1-11-6-7-19-16(11)12(2)17-10-13-8-14-4-5-15(9-13)18(14)3/h6-7,12-15,17H,4-5,8-10H2,1-3H3. The van der Waals surface area contributed by atoms with Gasteiger partial charge in [0, 0.05) is 23.0 Å². The van der Waals surface area contributed by atoms with Crippen molar-refractivity contribution < 1.29 is 0 Å². The zero-order valence-corrected chi connectivity index (χ0v) is 13.2. The Labute approximate surface area is 121 Å². The van der Waals surface area contributed by atoms with Gasteiger partial charge in [-0.25, -0.2) is 0 Å². The minimum atomic E-state index is 0.511. The van der Waals surface area contributed by atoms with E-state index in [2.05, 4.69) is 42.6 Å². The summed E-state index contributed by atoms with van der Waals surface area (Å²) in [5.74, 6) is 0.886. The largest absolute Gasteiger partial charge is 0.309 e. The van der Waals surface area contributed by atoms with Crippen molar-refractivity contribution in [1.82, 2.24) is 10.2 Å². The van der Waals surface area contributed by atoms with Gasteiger partial charge in [-0.2, -0.15) is 0 Å². The molecule has 2 saturated heterocycles. The first-order chi connectivity index (χ1) is 9.15. The summed E-state index contributed by atoms with van der Waals surface area (Å²) < 4.78 is 0. The summed E-state index contributed by atoms with van der Waals surface area (Å²) in [7, 11) is 2.32. The Morgan fingerprint density at radius 1 is 1.37 bits per heavy atom. The van der Waals surface area contributed by atoms with Gasteiger partial charge in [0.15, 0.2) is 0 Å². The van der Waals surface area contributed by atoms with E-state index in [9.17, 15) is 0 Å². The molecule has 0 aromatic carbocycles. The predicted molar refractivity (Wildman–Crippen MR) is 82.8 cm³/mol. The molecule has 3 rings (SSSR count). The molecule has 3 heterocycles. The molecule has 2 nitrogen and oxygen atoms in total. The second-order valence-corrected chi connectivity index (χ2v) is 7.43. The summed E-state index contributed by atoms with van der Waals surface area (Å²) in [4.78, 5) is 4.14. The smallest absolute Gasteiger partial charge is 0.0388 e. The lowest BCUT2D eigenvalue weighted by atomic mass is 9.91. The van der Waals surface area contributed by atoms with Crippen LogP contribution in [0.3, 0.4) is 0 Å². The molecule has 0 radical (unpaired) electrons. The van der Waals surface area contributed by atoms with Crippen LogP contribution < -0.4 is 5.32 Å². The number of aryl methyl sites for hydroxylation is 1. The molecule has 3 atom stereocenters. The number of hydrogen-bond donors (Lipinski definition) is 1. The summed E-state index contributed by atoms with van der Waals surface area (Å²) in [5.41, 5.74) is 1.44. The highest BCUT2D eigenvalue weighted by Gasteiger charge is 2.38. The highest BCUT2D eigenvalue weighted by atomic mass is 32.1. The summed E-state index contributed by atoms with van der Waals surface area (Å²) in [6.07, 6.45) is 5.65. The van der Waals surface area contributed by atoms with Crippen molar-refractivity contribution in [2.75, 3.05) is 13.6 Å². The number of piperidine rings is 1. The van der Waals surface area contributed by atoms with Crippen molar-refractivity contribution in [3.63, 3.8) is 0 Å². The lowest BCUT2D eigenvalue weighted by Gasteiger charge is -2.36. The minimum Gasteiger partial charge on any atom is -0.309 e. The van der Waals surface area contributed by atoms with Crippen LogP contribution in [-0.2, 0) is 0 Å². The average Bonchev–Trinajstić information content (AvgIpc) is 2.87. The van der Waals surface area contributed by atoms with Gasteiger partial charge in [0.1, 0.15) is 0 Å². The molecule has 106 valence electrons. The molecule has 1 aromatic rings. The van der Waals surface area contributed by atoms with Crippen molar-refractivity contribution in [1.29, 1.82) is 0 Å². The third-order valence-electron chi connectivity index (χ3n) is 5.20. The fourth-order valence-corrected chi connectivity index (χ4v) is 4.92. The zero-order valence-electron chi connectivity index (χ0n) is 12.4. The van der Waals surface area contributed by atoms with Crippen LogP contribution in [0.1, 0.15) is 49.1 Å². The van der Waals surface area contributed by atoms with E-state index in [1.165, 1.54) is 42.7 Å². The number of nitrogens with zero attached hydrogens (tertiary/aromatic N) is 1. The van der Waals surface area contributed by atoms with Gasteiger partial charge in [0.2, 0.25) is 0 Å². The quantitative estimate of drug-likeness (QED) is 0.905. The van der Waals surface area contributed by atoms with Crippen molar-refractivity contribution in [2.24, 2.45) is 5.92 Å². The summed E-state index contributed by atoms with van der Waals surface area (Å²) in [6.45, 7) is 5.72. The Kier molecular flexibility index (Phi) is 3.97. The highest BCUT2D eigenvalue weighted by Crippen LogP contribution is 2.37. The summed E-state index contributed by atoms with van der Waals surface area (Å²) in [5, 5.41) is 5.98. The van der Waals surface area contributed by atoms with E-state index in [0.29, 0.717) is 6.04 Å². The van der Waals surface area contributed by atoms with Gasteiger partial charge in [-0.3, -0.25) is 0 Å². The maximum Gasteiger partial charge on any atom is 0.0388 e. The Balaban J connectivity index is 1.52. The third-order valence-corrected chi connectivity index (χ3v) is 6.41. The normalized spacial score (nSPS) is 32.7. The summed E-state index contributed by atoms with van der Waals surface area (Å²) in [6, 6.07) is 4.47. The molecule has 2 fully saturated rings. The molecule has 0 spiro atoms. The lowest BCUT2D eigenvalue weighted by molar-refractivity contribution is 0.131. The fourth-order valence-electron chi connectivity index (χ4n) is 3.96. The monoisotopic (exact) mass is 278 g/mol. The molecule has 3 heteroatoms. The average molecular weight is 278 g/mol. The molecule has 2 bridgehead atoms. The van der Waals surface area contributed by atoms with Gasteiger partial charge in [0.05, 0.1) is 0 Å². The molecule has 3 unspecified atom stereocenters. The van der Waals surface area contributed by atoms with Crippen LogP contribution in [-0.4, -0.2) is 30.6 Å². The first-order valence-corrected chi connectivity index (χ1v) is 8.52. The van der Waals surface area contributed by atoms with Crippen molar-refractivity contribution in [2.45, 2.75) is 57.7 Å². The first-order valence-electron chi connectivity index (χ1n) is 7.64. The summed E-state index contributed by atoms with van der Waals surface area (Å²) >= 11 is 1.89. The van der Waals surface area contributed by atoms with Crippen LogP contribution in [0.2, 0.25) is 0 Å². The number of thiophene rings is 1. The SMILES string of the molecule is Cc1ccsc1C(C)NCC1CC2CCC(C1)N2C. The number of hydrogen-bond acceptors (Lipinski definition) is 3. The van der Waals surface area contributed by atoms with E-state index in [1.54, 1.807) is 0 Å². The predicted octanol–water partition coefficient (Wildman–Crippen LogP) is 3.58. The van der Waals surface area contributed by atoms with E-state index in [-0.39, 0.29) is 0 Å². The molecule has 0 saturated carbocycles. The third kappa shape index (κ3) is 2.74. The molecular formula is C16H26N2S. The second kappa shape index (κ2) is 5.55. The Hall–Kier alpha value is -0.380. The van der Waals surface area contributed by atoms with Crippen molar-refractivity contribution >= 4 is 11.3 Å². The lowest BCUT2D eigenvalue weighted by Crippen LogP contribution is -2.42. The van der Waals surface area contributed by atoms with E-state index >= 15 is 0 Å². The van der Waals surface area contributed by atoms with Gasteiger partial charge in [0.25, 0.3) is 0 Å². The van der Waals surface area contributed by atoms with E-state index in [0.717, 1.165) is 18.0 Å². The van der Waals surface area contributed by atoms with Crippen LogP contribution >= 0.6 is 11.3 Å². The minimum absolute atomic E-state index is 0.511. The molecule has 1 N–H and O–H groups in total. The van der Waals surface area contributed by atoms with Gasteiger partial charge in [-0.05, 0) is 76.1 Å². The van der Waals surface area contributed by atoms with Crippen LogP contribution in [0.25, 0.3) is 0 Å². The molecule has 0 aliphatic carbocycles. The topological polar surface area (TPSA) is 15.3 Å². The molecular weight excluding hydrogens is 252 g/mol.